The second-order valence-corrected chi connectivity index (χ2v) is 8.41. The molecule has 1 saturated heterocycles. The maximum atomic E-state index is 14.1. The minimum absolute atomic E-state index is 0.129. The van der Waals surface area contributed by atoms with Crippen molar-refractivity contribution in [3.63, 3.8) is 0 Å². The summed E-state index contributed by atoms with van der Waals surface area (Å²) < 4.78 is 14.1. The number of rotatable bonds is 4. The number of nitrogens with one attached hydrogen (secondary N) is 2. The molecule has 2 fully saturated rings. The van der Waals surface area contributed by atoms with Crippen LogP contribution in [0, 0.1) is 12.7 Å². The second-order valence-electron chi connectivity index (χ2n) is 8.41. The molecule has 152 valence electrons. The summed E-state index contributed by atoms with van der Waals surface area (Å²) in [6, 6.07) is 11.6. The number of benzene rings is 2. The minimum atomic E-state index is -0.452. The number of nitrogens with zero attached hydrogens (tertiary/aromatic N) is 2. The summed E-state index contributed by atoms with van der Waals surface area (Å²) in [5, 5.41) is 6.21. The number of hydrogen-bond acceptors (Lipinski definition) is 4. The maximum absolute atomic E-state index is 14.1. The van der Waals surface area contributed by atoms with E-state index in [1.807, 2.05) is 25.1 Å². The Balaban J connectivity index is 1.23. The molecular formula is C23H27FN4O. The lowest BCUT2D eigenvalue weighted by atomic mass is 10.1. The normalized spacial score (nSPS) is 21.6. The lowest BCUT2D eigenvalue weighted by molar-refractivity contribution is -0.116. The number of amides is 1. The van der Waals surface area contributed by atoms with Gasteiger partial charge in [-0.3, -0.25) is 9.69 Å². The summed E-state index contributed by atoms with van der Waals surface area (Å²) in [4.78, 5) is 17.8. The number of fused-ring (bicyclic) bond motifs is 1. The van der Waals surface area contributed by atoms with Crippen molar-refractivity contribution in [3.05, 3.63) is 53.3 Å². The van der Waals surface area contributed by atoms with Gasteiger partial charge in [-0.15, -0.1) is 0 Å². The summed E-state index contributed by atoms with van der Waals surface area (Å²) in [6.45, 7) is 6.18. The van der Waals surface area contributed by atoms with Crippen molar-refractivity contribution in [3.8, 4) is 0 Å². The third-order valence-electron chi connectivity index (χ3n) is 6.36. The molecule has 29 heavy (non-hydrogen) atoms. The summed E-state index contributed by atoms with van der Waals surface area (Å²) in [5.74, 6) is -0.378. The highest BCUT2D eigenvalue weighted by atomic mass is 19.1. The number of carbonyl (C=O) groups is 1. The van der Waals surface area contributed by atoms with Crippen molar-refractivity contribution >= 4 is 23.0 Å². The van der Waals surface area contributed by atoms with Crippen LogP contribution in [0.3, 0.4) is 0 Å². The van der Waals surface area contributed by atoms with Gasteiger partial charge < -0.3 is 15.5 Å². The molecule has 1 unspecified atom stereocenters. The van der Waals surface area contributed by atoms with Crippen molar-refractivity contribution in [2.24, 2.45) is 0 Å². The monoisotopic (exact) mass is 394 g/mol. The van der Waals surface area contributed by atoms with Crippen LogP contribution in [0.1, 0.15) is 24.0 Å². The Morgan fingerprint density at radius 3 is 2.66 bits per heavy atom. The first-order valence-corrected chi connectivity index (χ1v) is 10.5. The molecule has 0 bridgehead atoms. The molecule has 2 N–H and O–H groups in total. The molecule has 2 aromatic rings. The van der Waals surface area contributed by atoms with Crippen molar-refractivity contribution < 1.29 is 9.18 Å². The van der Waals surface area contributed by atoms with Gasteiger partial charge in [0.1, 0.15) is 11.9 Å². The van der Waals surface area contributed by atoms with Gasteiger partial charge in [-0.2, -0.15) is 0 Å². The van der Waals surface area contributed by atoms with E-state index in [2.05, 4.69) is 26.5 Å². The molecule has 1 aliphatic carbocycles. The smallest absolute Gasteiger partial charge is 0.247 e. The molecule has 0 spiro atoms. The molecule has 5 nitrogen and oxygen atoms in total. The number of halogens is 1. The van der Waals surface area contributed by atoms with Gasteiger partial charge in [0.15, 0.2) is 0 Å². The highest BCUT2D eigenvalue weighted by Gasteiger charge is 2.32. The highest BCUT2D eigenvalue weighted by Crippen LogP contribution is 2.32. The fraction of sp³-hybridized carbons (Fsp3) is 0.435. The van der Waals surface area contributed by atoms with Crippen molar-refractivity contribution in [2.75, 3.05) is 41.7 Å². The third-order valence-corrected chi connectivity index (χ3v) is 6.36. The zero-order valence-electron chi connectivity index (χ0n) is 16.7. The van der Waals surface area contributed by atoms with Gasteiger partial charge in [0.05, 0.1) is 0 Å². The van der Waals surface area contributed by atoms with E-state index in [-0.39, 0.29) is 11.7 Å². The number of aryl methyl sites for hydroxylation is 1. The fourth-order valence-corrected chi connectivity index (χ4v) is 4.52. The Labute approximate surface area is 170 Å². The molecule has 2 heterocycles. The van der Waals surface area contributed by atoms with E-state index >= 15 is 0 Å². The molecule has 5 rings (SSSR count). The van der Waals surface area contributed by atoms with Gasteiger partial charge in [-0.25, -0.2) is 4.39 Å². The predicted molar refractivity (Wildman–Crippen MR) is 114 cm³/mol. The van der Waals surface area contributed by atoms with E-state index in [0.717, 1.165) is 54.8 Å². The molecule has 0 aromatic heterocycles. The van der Waals surface area contributed by atoms with E-state index < -0.39 is 6.04 Å². The zero-order chi connectivity index (χ0) is 20.0. The van der Waals surface area contributed by atoms with Crippen LogP contribution in [-0.2, 0) is 11.2 Å². The summed E-state index contributed by atoms with van der Waals surface area (Å²) >= 11 is 0. The van der Waals surface area contributed by atoms with Crippen LogP contribution < -0.4 is 15.5 Å². The van der Waals surface area contributed by atoms with Crippen LogP contribution >= 0.6 is 0 Å². The first kappa shape index (κ1) is 18.4. The molecule has 1 amide bonds. The van der Waals surface area contributed by atoms with Crippen LogP contribution in [0.25, 0.3) is 0 Å². The first-order valence-electron chi connectivity index (χ1n) is 10.5. The number of hydrogen-bond donors (Lipinski definition) is 2. The van der Waals surface area contributed by atoms with Gasteiger partial charge in [0.25, 0.3) is 0 Å². The van der Waals surface area contributed by atoms with E-state index in [9.17, 15) is 9.18 Å². The lowest BCUT2D eigenvalue weighted by Gasteiger charge is -2.36. The molecule has 2 aromatic carbocycles. The fourth-order valence-electron chi connectivity index (χ4n) is 4.52. The SMILES string of the molecule is Cc1ccc(F)c2c1NC(C(=O)Nc1cccc(N3CCN(C4CC4)CC3)c1)C2. The number of piperazine rings is 1. The van der Waals surface area contributed by atoms with E-state index in [1.165, 1.54) is 18.9 Å². The Hall–Kier alpha value is -2.60. The zero-order valence-corrected chi connectivity index (χ0v) is 16.7. The Bertz CT molecular complexity index is 903. The molecule has 1 saturated carbocycles. The average molecular weight is 394 g/mol. The largest absolute Gasteiger partial charge is 0.373 e. The summed E-state index contributed by atoms with van der Waals surface area (Å²) in [6.07, 6.45) is 3.07. The van der Waals surface area contributed by atoms with Gasteiger partial charge in [0.2, 0.25) is 5.91 Å². The topological polar surface area (TPSA) is 47.6 Å². The quantitative estimate of drug-likeness (QED) is 0.835. The third kappa shape index (κ3) is 3.69. The van der Waals surface area contributed by atoms with E-state index in [1.54, 1.807) is 6.07 Å². The Kier molecular flexibility index (Phi) is 4.66. The molecule has 3 aliphatic rings. The summed E-state index contributed by atoms with van der Waals surface area (Å²) in [5.41, 5.74) is 4.25. The molecule has 2 aliphatic heterocycles. The summed E-state index contributed by atoms with van der Waals surface area (Å²) in [7, 11) is 0. The Morgan fingerprint density at radius 1 is 1.14 bits per heavy atom. The van der Waals surface area contributed by atoms with Gasteiger partial charge in [0, 0.05) is 61.3 Å². The van der Waals surface area contributed by atoms with Gasteiger partial charge in [-0.1, -0.05) is 12.1 Å². The second kappa shape index (κ2) is 7.34. The lowest BCUT2D eigenvalue weighted by Crippen LogP contribution is -2.47. The van der Waals surface area contributed by atoms with Crippen LogP contribution in [0.5, 0.6) is 0 Å². The van der Waals surface area contributed by atoms with E-state index in [0.29, 0.717) is 12.0 Å². The highest BCUT2D eigenvalue weighted by molar-refractivity contribution is 5.98. The average Bonchev–Trinajstić information content (AvgIpc) is 3.48. The van der Waals surface area contributed by atoms with E-state index in [4.69, 9.17) is 0 Å². The van der Waals surface area contributed by atoms with Gasteiger partial charge >= 0.3 is 0 Å². The Morgan fingerprint density at radius 2 is 1.93 bits per heavy atom. The molecule has 0 radical (unpaired) electrons. The number of carbonyl (C=O) groups excluding carboxylic acids is 1. The molecule has 6 heteroatoms. The van der Waals surface area contributed by atoms with Crippen LogP contribution in [0.4, 0.5) is 21.5 Å². The van der Waals surface area contributed by atoms with Crippen molar-refractivity contribution in [1.29, 1.82) is 0 Å². The van der Waals surface area contributed by atoms with Crippen LogP contribution in [-0.4, -0.2) is 49.1 Å². The predicted octanol–water partition coefficient (Wildman–Crippen LogP) is 3.39. The van der Waals surface area contributed by atoms with Crippen LogP contribution in [0.2, 0.25) is 0 Å². The standard InChI is InChI=1S/C23H27FN4O/c1-15-5-8-20(24)19-14-21(26-22(15)19)23(29)25-16-3-2-4-18(13-16)28-11-9-27(10-12-28)17-6-7-17/h2-5,8,13,17,21,26H,6-7,9-12,14H2,1H3,(H,25,29). The minimum Gasteiger partial charge on any atom is -0.373 e. The van der Waals surface area contributed by atoms with Crippen molar-refractivity contribution in [1.82, 2.24) is 4.90 Å². The van der Waals surface area contributed by atoms with Crippen LogP contribution in [0.15, 0.2) is 36.4 Å². The van der Waals surface area contributed by atoms with Gasteiger partial charge in [-0.05, 0) is 49.6 Å². The first-order chi connectivity index (χ1) is 14.1. The number of anilines is 3. The molecule has 1 atom stereocenters. The maximum Gasteiger partial charge on any atom is 0.247 e. The molecular weight excluding hydrogens is 367 g/mol. The van der Waals surface area contributed by atoms with Crippen molar-refractivity contribution in [2.45, 2.75) is 38.3 Å².